The van der Waals surface area contributed by atoms with Gasteiger partial charge in [0.1, 0.15) is 30.0 Å². The summed E-state index contributed by atoms with van der Waals surface area (Å²) in [4.78, 5) is 17.9. The largest absolute Gasteiger partial charge is 0.493 e. The van der Waals surface area contributed by atoms with Crippen molar-refractivity contribution in [1.82, 2.24) is 15.5 Å². The van der Waals surface area contributed by atoms with Crippen LogP contribution in [0.2, 0.25) is 5.02 Å². The average molecular weight is 772 g/mol. The zero-order chi connectivity index (χ0) is 39.2. The molecule has 1 amide bonds. The van der Waals surface area contributed by atoms with Crippen LogP contribution in [0.15, 0.2) is 66.7 Å². The summed E-state index contributed by atoms with van der Waals surface area (Å²) in [6.45, 7) is 17.2. The third-order valence-electron chi connectivity index (χ3n) is 11.6. The second kappa shape index (κ2) is 17.8. The molecule has 2 N–H and O–H groups in total. The molecule has 56 heavy (non-hydrogen) atoms. The van der Waals surface area contributed by atoms with E-state index in [-0.39, 0.29) is 24.7 Å². The third kappa shape index (κ3) is 8.98. The fourth-order valence-corrected chi connectivity index (χ4v) is 8.70. The van der Waals surface area contributed by atoms with Crippen LogP contribution in [-0.4, -0.2) is 48.6 Å². The fourth-order valence-electron chi connectivity index (χ4n) is 8.47. The Labute approximate surface area is 335 Å². The lowest BCUT2D eigenvalue weighted by Crippen LogP contribution is -2.45. The highest BCUT2D eigenvalue weighted by Crippen LogP contribution is 2.44. The lowest BCUT2D eigenvalue weighted by atomic mass is 9.93. The molecule has 2 saturated heterocycles. The Balaban J connectivity index is 1.08. The number of rotatable bonds is 14. The van der Waals surface area contributed by atoms with Gasteiger partial charge in [0, 0.05) is 61.4 Å². The van der Waals surface area contributed by atoms with Crippen LogP contribution in [0.1, 0.15) is 91.9 Å². The first-order valence-corrected chi connectivity index (χ1v) is 20.2. The number of halogens is 1. The van der Waals surface area contributed by atoms with Crippen LogP contribution >= 0.6 is 11.6 Å². The molecule has 7 rings (SSSR count). The quantitative estimate of drug-likeness (QED) is 0.0974. The Kier molecular flexibility index (Phi) is 12.5. The molecule has 4 aromatic rings. The third-order valence-corrected chi connectivity index (χ3v) is 11.9. The summed E-state index contributed by atoms with van der Waals surface area (Å²) in [5.74, 6) is 2.11. The molecule has 0 saturated carbocycles. The van der Waals surface area contributed by atoms with Crippen LogP contribution in [-0.2, 0) is 24.4 Å². The van der Waals surface area contributed by atoms with Crippen LogP contribution in [0.25, 0.3) is 16.0 Å². The monoisotopic (exact) mass is 771 g/mol. The van der Waals surface area contributed by atoms with Gasteiger partial charge >= 0.3 is 0 Å². The minimum Gasteiger partial charge on any atom is -0.493 e. The minimum atomic E-state index is -0.200. The van der Waals surface area contributed by atoms with Crippen molar-refractivity contribution in [1.29, 1.82) is 5.26 Å². The van der Waals surface area contributed by atoms with Gasteiger partial charge in [-0.15, -0.1) is 0 Å². The molecule has 4 atom stereocenters. The second-order valence-electron chi connectivity index (χ2n) is 15.4. The van der Waals surface area contributed by atoms with E-state index in [2.05, 4.69) is 83.6 Å². The number of carbonyl (C=O) groups is 1. The van der Waals surface area contributed by atoms with Crippen molar-refractivity contribution in [2.75, 3.05) is 19.7 Å². The first-order chi connectivity index (χ1) is 27.2. The van der Waals surface area contributed by atoms with Gasteiger partial charge in [0.2, 0.25) is 5.91 Å². The molecular weight excluding hydrogens is 722 g/mol. The van der Waals surface area contributed by atoms with Gasteiger partial charge in [-0.05, 0) is 123 Å². The highest BCUT2D eigenvalue weighted by Gasteiger charge is 2.29. The summed E-state index contributed by atoms with van der Waals surface area (Å²) < 4.78 is 19.5. The van der Waals surface area contributed by atoms with E-state index in [1.807, 2.05) is 12.1 Å². The number of ether oxygens (including phenoxy) is 3. The predicted molar refractivity (Wildman–Crippen MR) is 219 cm³/mol. The van der Waals surface area contributed by atoms with Gasteiger partial charge in [-0.1, -0.05) is 41.9 Å². The zero-order valence-electron chi connectivity index (χ0n) is 32.5. The van der Waals surface area contributed by atoms with Gasteiger partial charge in [0.15, 0.2) is 5.69 Å². The number of amides is 1. The lowest BCUT2D eigenvalue weighted by Gasteiger charge is -2.25. The fraction of sp³-hybridized carbons (Fsp3) is 0.413. The molecule has 0 spiro atoms. The van der Waals surface area contributed by atoms with E-state index in [9.17, 15) is 10.1 Å². The number of benzene rings is 4. The molecule has 10 heteroatoms. The van der Waals surface area contributed by atoms with Crippen molar-refractivity contribution < 1.29 is 19.0 Å². The van der Waals surface area contributed by atoms with Crippen LogP contribution in [0.3, 0.4) is 0 Å². The predicted octanol–water partition coefficient (Wildman–Crippen LogP) is 9.39. The molecule has 4 aromatic carbocycles. The maximum atomic E-state index is 11.7. The number of nitriles is 1. The summed E-state index contributed by atoms with van der Waals surface area (Å²) in [6.07, 6.45) is 6.25. The molecule has 290 valence electrons. The molecule has 2 aliphatic heterocycles. The number of fused-ring (bicyclic) bond motifs is 1. The zero-order valence-corrected chi connectivity index (χ0v) is 33.3. The van der Waals surface area contributed by atoms with Crippen molar-refractivity contribution in [2.45, 2.75) is 103 Å². The smallest absolute Gasteiger partial charge is 0.220 e. The Morgan fingerprint density at radius 1 is 0.964 bits per heavy atom. The van der Waals surface area contributed by atoms with Crippen molar-refractivity contribution in [3.63, 3.8) is 0 Å². The molecule has 9 nitrogen and oxygen atoms in total. The Morgan fingerprint density at radius 2 is 1.77 bits per heavy atom. The number of nitrogens with one attached hydrogen (secondary N) is 2. The highest BCUT2D eigenvalue weighted by atomic mass is 35.5. The summed E-state index contributed by atoms with van der Waals surface area (Å²) in [7, 11) is 0. The highest BCUT2D eigenvalue weighted by molar-refractivity contribution is 6.32. The van der Waals surface area contributed by atoms with Gasteiger partial charge in [-0.25, -0.2) is 4.85 Å². The van der Waals surface area contributed by atoms with Gasteiger partial charge in [0.25, 0.3) is 0 Å². The Bertz CT molecular complexity index is 2110. The number of nitrogens with zero attached hydrogens (tertiary/aromatic N) is 3. The molecule has 0 bridgehead atoms. The Morgan fingerprint density at radius 3 is 2.54 bits per heavy atom. The number of carbonyl (C=O) groups excluding carboxylic acids is 1. The van der Waals surface area contributed by atoms with E-state index >= 15 is 0 Å². The second-order valence-corrected chi connectivity index (χ2v) is 15.8. The van der Waals surface area contributed by atoms with Crippen molar-refractivity contribution in [3.8, 4) is 34.4 Å². The lowest BCUT2D eigenvalue weighted by molar-refractivity contribution is -0.122. The van der Waals surface area contributed by atoms with Crippen LogP contribution in [0, 0.1) is 24.8 Å². The number of likely N-dealkylation sites (tertiary alicyclic amines) is 1. The maximum absolute atomic E-state index is 11.7. The molecule has 0 radical (unpaired) electrons. The van der Waals surface area contributed by atoms with E-state index in [0.717, 1.165) is 60.2 Å². The molecule has 0 aromatic heterocycles. The van der Waals surface area contributed by atoms with Gasteiger partial charge in [-0.3, -0.25) is 9.69 Å². The molecule has 1 aliphatic carbocycles. The normalized spacial score (nSPS) is 20.5. The van der Waals surface area contributed by atoms with E-state index in [0.29, 0.717) is 66.0 Å². The first kappa shape index (κ1) is 39.2. The molecule has 0 unspecified atom stereocenters. The SMILES string of the molecule is [C-]#[N+]c1cc(C#N)cc(COc2cc(O[C@H]3CCc4c(-c5cccc(OCCCN6[C@H](C)CC[C@@H]6C)c5C)cccc43)c(Cl)cc2CN[C@H]2CCC(=O)NC2)c1. The first-order valence-electron chi connectivity index (χ1n) is 19.8. The van der Waals surface area contributed by atoms with Crippen molar-refractivity contribution >= 4 is 23.2 Å². The van der Waals surface area contributed by atoms with E-state index in [1.165, 1.54) is 29.5 Å². The van der Waals surface area contributed by atoms with E-state index in [4.69, 9.17) is 32.4 Å². The topological polar surface area (TPSA) is 100 Å². The van der Waals surface area contributed by atoms with E-state index < -0.39 is 0 Å². The van der Waals surface area contributed by atoms with E-state index in [1.54, 1.807) is 18.2 Å². The standard InChI is InChI=1S/C46H50ClN5O4/c1-29-12-13-30(2)52(29)18-7-19-54-42-11-6-8-37(31(42)3)38-9-5-10-40-39(38)15-16-43(40)56-45-24-44(55-28-33-20-32(25-48)21-36(22-33)49-4)34(23-41(45)47)26-50-35-14-17-46(53)51-27-35/h5-6,8-11,20-24,29-30,35,43,50H,7,12-19,26-28H2,1-3H3,(H,51,53)/t29-,30+,35-,43-/m0/s1. The number of hydrogen-bond donors (Lipinski definition) is 2. The van der Waals surface area contributed by atoms with Gasteiger partial charge < -0.3 is 24.8 Å². The molecular formula is C46H50ClN5O4. The molecule has 2 heterocycles. The van der Waals surface area contributed by atoms with Gasteiger partial charge in [-0.2, -0.15) is 5.26 Å². The van der Waals surface area contributed by atoms with Crippen LogP contribution in [0.5, 0.6) is 17.2 Å². The summed E-state index contributed by atoms with van der Waals surface area (Å²) in [5.41, 5.74) is 8.28. The molecule has 3 aliphatic rings. The van der Waals surface area contributed by atoms with Crippen LogP contribution < -0.4 is 24.8 Å². The summed E-state index contributed by atoms with van der Waals surface area (Å²) >= 11 is 6.96. The summed E-state index contributed by atoms with van der Waals surface area (Å²) in [6, 6.07) is 25.1. The summed E-state index contributed by atoms with van der Waals surface area (Å²) in [5, 5.41) is 16.5. The Hall–Kier alpha value is -5.06. The minimum absolute atomic E-state index is 0.0661. The van der Waals surface area contributed by atoms with Crippen LogP contribution in [0.4, 0.5) is 5.69 Å². The number of hydrogen-bond acceptors (Lipinski definition) is 7. The molecule has 2 fully saturated rings. The van der Waals surface area contributed by atoms with Crippen molar-refractivity contribution in [2.24, 2.45) is 0 Å². The van der Waals surface area contributed by atoms with Gasteiger partial charge in [0.05, 0.1) is 24.3 Å². The van der Waals surface area contributed by atoms with Crippen molar-refractivity contribution in [3.05, 3.63) is 117 Å². The average Bonchev–Trinajstić information content (AvgIpc) is 3.77. The maximum Gasteiger partial charge on any atom is 0.220 e. The number of piperidine rings is 1.